The molecule has 1 aromatic rings. The quantitative estimate of drug-likeness (QED) is 0.555. The van der Waals surface area contributed by atoms with Gasteiger partial charge >= 0.3 is 0 Å². The van der Waals surface area contributed by atoms with E-state index in [0.717, 1.165) is 0 Å². The topological polar surface area (TPSA) is 12.9 Å². The Labute approximate surface area is 55.7 Å². The highest BCUT2D eigenvalue weighted by Crippen LogP contribution is 2.10. The van der Waals surface area contributed by atoms with E-state index in [0.29, 0.717) is 5.92 Å². The minimum Gasteiger partial charge on any atom is -0.264 e. The van der Waals surface area contributed by atoms with Crippen molar-refractivity contribution in [3.05, 3.63) is 30.1 Å². The second kappa shape index (κ2) is 2.62. The van der Waals surface area contributed by atoms with E-state index in [1.165, 1.54) is 5.56 Å². The Bertz CT molecular complexity index is 167. The second-order valence-corrected chi connectivity index (χ2v) is 2.44. The number of rotatable bonds is 1. The zero-order valence-electron chi connectivity index (χ0n) is 5.83. The SMILES string of the molecule is CC(C)c1cccnc1. The predicted molar refractivity (Wildman–Crippen MR) is 38.3 cm³/mol. The summed E-state index contributed by atoms with van der Waals surface area (Å²) in [5.41, 5.74) is 1.30. The molecule has 0 N–H and O–H groups in total. The van der Waals surface area contributed by atoms with Crippen LogP contribution < -0.4 is 0 Å². The molecule has 0 amide bonds. The average molecular weight is 121 g/mol. The van der Waals surface area contributed by atoms with E-state index in [1.54, 1.807) is 6.20 Å². The van der Waals surface area contributed by atoms with Gasteiger partial charge in [-0.3, -0.25) is 4.98 Å². The van der Waals surface area contributed by atoms with Crippen LogP contribution in [0.2, 0.25) is 0 Å². The first-order chi connectivity index (χ1) is 4.30. The van der Waals surface area contributed by atoms with E-state index in [4.69, 9.17) is 0 Å². The van der Waals surface area contributed by atoms with Crippen LogP contribution in [0.4, 0.5) is 0 Å². The molecule has 0 aliphatic heterocycles. The molecule has 0 spiro atoms. The number of aromatic nitrogens is 1. The lowest BCUT2D eigenvalue weighted by Crippen LogP contribution is -1.85. The van der Waals surface area contributed by atoms with E-state index in [-0.39, 0.29) is 0 Å². The van der Waals surface area contributed by atoms with Gasteiger partial charge in [0.2, 0.25) is 0 Å². The van der Waals surface area contributed by atoms with E-state index < -0.39 is 0 Å². The molecule has 9 heavy (non-hydrogen) atoms. The first kappa shape index (κ1) is 6.27. The Morgan fingerprint density at radius 3 is 2.56 bits per heavy atom. The van der Waals surface area contributed by atoms with Gasteiger partial charge in [-0.25, -0.2) is 0 Å². The van der Waals surface area contributed by atoms with Crippen LogP contribution in [0.5, 0.6) is 0 Å². The summed E-state index contributed by atoms with van der Waals surface area (Å²) in [6.45, 7) is 4.33. The van der Waals surface area contributed by atoms with E-state index in [9.17, 15) is 0 Å². The fraction of sp³-hybridized carbons (Fsp3) is 0.375. The summed E-state index contributed by atoms with van der Waals surface area (Å²) in [6.07, 6.45) is 3.70. The molecule has 1 rings (SSSR count). The van der Waals surface area contributed by atoms with Gasteiger partial charge in [-0.05, 0) is 17.5 Å². The largest absolute Gasteiger partial charge is 0.264 e. The van der Waals surface area contributed by atoms with Gasteiger partial charge in [-0.1, -0.05) is 19.9 Å². The molecule has 48 valence electrons. The lowest BCUT2D eigenvalue weighted by molar-refractivity contribution is 0.858. The van der Waals surface area contributed by atoms with Crippen LogP contribution in [0.25, 0.3) is 0 Å². The lowest BCUT2D eigenvalue weighted by Gasteiger charge is -2.00. The molecule has 0 bridgehead atoms. The van der Waals surface area contributed by atoms with Crippen molar-refractivity contribution in [2.24, 2.45) is 0 Å². The zero-order chi connectivity index (χ0) is 6.69. The van der Waals surface area contributed by atoms with Crippen LogP contribution in [0.1, 0.15) is 25.3 Å². The standard InChI is InChI=1S/C8H11N/c1-7(2)8-4-3-5-9-6-8/h3-7H,1-2H3. The molecule has 0 aliphatic rings. The minimum atomic E-state index is 0.596. The number of hydrogen-bond donors (Lipinski definition) is 0. The summed E-state index contributed by atoms with van der Waals surface area (Å²) in [4.78, 5) is 4.01. The van der Waals surface area contributed by atoms with Gasteiger partial charge < -0.3 is 0 Å². The molecule has 1 nitrogen and oxygen atoms in total. The smallest absolute Gasteiger partial charge is 0.0302 e. The third-order valence-corrected chi connectivity index (χ3v) is 1.35. The first-order valence-corrected chi connectivity index (χ1v) is 3.20. The summed E-state index contributed by atoms with van der Waals surface area (Å²) in [5.74, 6) is 0.596. The van der Waals surface area contributed by atoms with Crippen molar-refractivity contribution in [1.29, 1.82) is 0 Å². The molecule has 1 aromatic heterocycles. The van der Waals surface area contributed by atoms with Crippen molar-refractivity contribution in [2.45, 2.75) is 19.8 Å². The monoisotopic (exact) mass is 121 g/mol. The van der Waals surface area contributed by atoms with Crippen LogP contribution in [0, 0.1) is 0 Å². The molecule has 0 fully saturated rings. The van der Waals surface area contributed by atoms with Crippen LogP contribution in [-0.2, 0) is 0 Å². The van der Waals surface area contributed by atoms with Gasteiger partial charge in [0.15, 0.2) is 0 Å². The first-order valence-electron chi connectivity index (χ1n) is 3.20. The highest BCUT2D eigenvalue weighted by atomic mass is 14.6. The van der Waals surface area contributed by atoms with Crippen molar-refractivity contribution in [3.63, 3.8) is 0 Å². The summed E-state index contributed by atoms with van der Waals surface area (Å²) in [7, 11) is 0. The number of hydrogen-bond acceptors (Lipinski definition) is 1. The lowest BCUT2D eigenvalue weighted by atomic mass is 10.1. The van der Waals surface area contributed by atoms with Crippen molar-refractivity contribution in [3.8, 4) is 0 Å². The highest BCUT2D eigenvalue weighted by Gasteiger charge is 1.94. The fourth-order valence-electron chi connectivity index (χ4n) is 0.717. The molecular formula is C8H11N. The van der Waals surface area contributed by atoms with E-state index in [2.05, 4.69) is 24.9 Å². The number of pyridine rings is 1. The van der Waals surface area contributed by atoms with Crippen LogP contribution >= 0.6 is 0 Å². The van der Waals surface area contributed by atoms with Crippen LogP contribution in [0.3, 0.4) is 0 Å². The molecule has 0 saturated heterocycles. The Balaban J connectivity index is 2.85. The third-order valence-electron chi connectivity index (χ3n) is 1.35. The Hall–Kier alpha value is -0.850. The van der Waals surface area contributed by atoms with Crippen LogP contribution in [-0.4, -0.2) is 4.98 Å². The molecule has 0 saturated carbocycles. The molecule has 0 radical (unpaired) electrons. The maximum atomic E-state index is 4.01. The fourth-order valence-corrected chi connectivity index (χ4v) is 0.717. The molecule has 0 atom stereocenters. The molecule has 0 unspecified atom stereocenters. The molecular weight excluding hydrogens is 110 g/mol. The Morgan fingerprint density at radius 2 is 2.22 bits per heavy atom. The van der Waals surface area contributed by atoms with Crippen molar-refractivity contribution < 1.29 is 0 Å². The molecule has 0 aromatic carbocycles. The molecule has 1 heteroatoms. The summed E-state index contributed by atoms with van der Waals surface area (Å²) in [5, 5.41) is 0. The van der Waals surface area contributed by atoms with Gasteiger partial charge in [0.25, 0.3) is 0 Å². The Kier molecular flexibility index (Phi) is 1.83. The van der Waals surface area contributed by atoms with Crippen LogP contribution in [0.15, 0.2) is 24.5 Å². The van der Waals surface area contributed by atoms with Gasteiger partial charge in [-0.2, -0.15) is 0 Å². The van der Waals surface area contributed by atoms with Gasteiger partial charge in [0, 0.05) is 12.4 Å². The zero-order valence-corrected chi connectivity index (χ0v) is 5.83. The molecule has 0 aliphatic carbocycles. The minimum absolute atomic E-state index is 0.596. The van der Waals surface area contributed by atoms with Crippen molar-refractivity contribution in [2.75, 3.05) is 0 Å². The maximum Gasteiger partial charge on any atom is 0.0302 e. The summed E-state index contributed by atoms with van der Waals surface area (Å²) in [6, 6.07) is 4.06. The third kappa shape index (κ3) is 1.53. The molecule has 1 heterocycles. The van der Waals surface area contributed by atoms with Crippen molar-refractivity contribution >= 4 is 0 Å². The van der Waals surface area contributed by atoms with Gasteiger partial charge in [-0.15, -0.1) is 0 Å². The van der Waals surface area contributed by atoms with E-state index in [1.807, 2.05) is 12.3 Å². The normalized spacial score (nSPS) is 10.1. The van der Waals surface area contributed by atoms with E-state index >= 15 is 0 Å². The van der Waals surface area contributed by atoms with Gasteiger partial charge in [0.1, 0.15) is 0 Å². The van der Waals surface area contributed by atoms with Crippen molar-refractivity contribution in [1.82, 2.24) is 4.98 Å². The average Bonchev–Trinajstić information content (AvgIpc) is 1.90. The maximum absolute atomic E-state index is 4.01. The highest BCUT2D eigenvalue weighted by molar-refractivity contribution is 5.12. The summed E-state index contributed by atoms with van der Waals surface area (Å²) >= 11 is 0. The second-order valence-electron chi connectivity index (χ2n) is 2.44. The number of nitrogens with zero attached hydrogens (tertiary/aromatic N) is 1. The Morgan fingerprint density at radius 1 is 1.44 bits per heavy atom. The predicted octanol–water partition coefficient (Wildman–Crippen LogP) is 2.21. The van der Waals surface area contributed by atoms with Gasteiger partial charge in [0.05, 0.1) is 0 Å². The summed E-state index contributed by atoms with van der Waals surface area (Å²) < 4.78 is 0.